The van der Waals surface area contributed by atoms with Gasteiger partial charge in [0.1, 0.15) is 11.3 Å². The number of pyridine rings is 1. The van der Waals surface area contributed by atoms with Crippen molar-refractivity contribution in [2.75, 3.05) is 5.73 Å². The van der Waals surface area contributed by atoms with Gasteiger partial charge in [-0.25, -0.2) is 0 Å². The van der Waals surface area contributed by atoms with Gasteiger partial charge >= 0.3 is 0 Å². The maximum absolute atomic E-state index is 6.11. The number of nitrogens with zero attached hydrogens (tertiary/aromatic N) is 1. The molecule has 3 N–H and O–H groups in total. The molecule has 0 saturated carbocycles. The second kappa shape index (κ2) is 6.49. The lowest BCUT2D eigenvalue weighted by atomic mass is 10.0. The van der Waals surface area contributed by atoms with Crippen molar-refractivity contribution in [2.45, 2.75) is 6.42 Å². The van der Waals surface area contributed by atoms with Crippen molar-refractivity contribution in [3.8, 4) is 11.3 Å². The first-order valence-corrected chi connectivity index (χ1v) is 9.96. The Hall–Kier alpha value is -4.05. The number of nitrogen functional groups attached to an aromatic ring is 1. The molecule has 0 amide bonds. The first-order chi connectivity index (χ1) is 14.7. The molecule has 4 heteroatoms. The van der Waals surface area contributed by atoms with E-state index in [0.717, 1.165) is 61.8 Å². The van der Waals surface area contributed by atoms with E-state index in [-0.39, 0.29) is 0 Å². The number of nitrogens with two attached hydrogens (primary N) is 1. The Morgan fingerprint density at radius 3 is 2.70 bits per heavy atom. The second-order valence-electron chi connectivity index (χ2n) is 7.71. The van der Waals surface area contributed by atoms with Crippen LogP contribution in [0.3, 0.4) is 0 Å². The fourth-order valence-corrected chi connectivity index (χ4v) is 4.16. The molecule has 0 spiro atoms. The van der Waals surface area contributed by atoms with Gasteiger partial charge in [-0.05, 0) is 53.4 Å². The zero-order valence-corrected chi connectivity index (χ0v) is 16.2. The van der Waals surface area contributed by atoms with E-state index in [2.05, 4.69) is 46.4 Å². The molecule has 3 aromatic carbocycles. The van der Waals surface area contributed by atoms with Gasteiger partial charge in [-0.3, -0.25) is 4.98 Å². The van der Waals surface area contributed by atoms with Gasteiger partial charge in [0.15, 0.2) is 0 Å². The van der Waals surface area contributed by atoms with Crippen molar-refractivity contribution < 1.29 is 4.42 Å². The number of hydrogen-bond acceptors (Lipinski definition) is 3. The topological polar surface area (TPSA) is 67.8 Å². The van der Waals surface area contributed by atoms with E-state index in [1.165, 1.54) is 5.56 Å². The van der Waals surface area contributed by atoms with Gasteiger partial charge in [-0.2, -0.15) is 0 Å². The average Bonchev–Trinajstić information content (AvgIpc) is 3.36. The van der Waals surface area contributed by atoms with Gasteiger partial charge in [0.2, 0.25) is 0 Å². The van der Waals surface area contributed by atoms with E-state index >= 15 is 0 Å². The largest absolute Gasteiger partial charge is 0.456 e. The summed E-state index contributed by atoms with van der Waals surface area (Å²) in [6, 6.07) is 24.8. The molecule has 0 aliphatic carbocycles. The van der Waals surface area contributed by atoms with Crippen LogP contribution >= 0.6 is 0 Å². The van der Waals surface area contributed by atoms with Crippen molar-refractivity contribution >= 4 is 38.3 Å². The highest BCUT2D eigenvalue weighted by atomic mass is 16.3. The van der Waals surface area contributed by atoms with Crippen LogP contribution in [0.1, 0.15) is 11.3 Å². The van der Waals surface area contributed by atoms with Crippen LogP contribution in [-0.2, 0) is 6.42 Å². The highest BCUT2D eigenvalue weighted by Gasteiger charge is 2.11. The molecule has 0 aliphatic rings. The van der Waals surface area contributed by atoms with Crippen molar-refractivity contribution in [1.82, 2.24) is 9.97 Å². The molecule has 0 unspecified atom stereocenters. The maximum Gasteiger partial charge on any atom is 0.137 e. The monoisotopic (exact) mass is 389 g/mol. The molecule has 4 nitrogen and oxygen atoms in total. The van der Waals surface area contributed by atoms with E-state index in [9.17, 15) is 0 Å². The van der Waals surface area contributed by atoms with Crippen LogP contribution in [0.2, 0.25) is 0 Å². The molecule has 0 radical (unpaired) electrons. The summed E-state index contributed by atoms with van der Waals surface area (Å²) < 4.78 is 6.11. The van der Waals surface area contributed by atoms with Crippen LogP contribution in [0.4, 0.5) is 5.69 Å². The minimum atomic E-state index is 0.779. The van der Waals surface area contributed by atoms with Gasteiger partial charge in [-0.15, -0.1) is 0 Å². The van der Waals surface area contributed by atoms with Gasteiger partial charge in [0, 0.05) is 57.4 Å². The van der Waals surface area contributed by atoms with E-state index in [0.29, 0.717) is 0 Å². The highest BCUT2D eigenvalue weighted by molar-refractivity contribution is 5.97. The molecule has 0 saturated heterocycles. The van der Waals surface area contributed by atoms with Crippen molar-refractivity contribution in [3.05, 3.63) is 96.4 Å². The van der Waals surface area contributed by atoms with Crippen LogP contribution in [-0.4, -0.2) is 9.97 Å². The van der Waals surface area contributed by atoms with Crippen molar-refractivity contribution in [2.24, 2.45) is 0 Å². The smallest absolute Gasteiger partial charge is 0.137 e. The number of H-pyrrole nitrogens is 1. The summed E-state index contributed by atoms with van der Waals surface area (Å²) in [5.74, 6) is 0.840. The van der Waals surface area contributed by atoms with E-state index < -0.39 is 0 Å². The molecule has 6 rings (SSSR count). The molecule has 0 fully saturated rings. The molecule has 3 heterocycles. The molecular formula is C26H19N3O. The minimum Gasteiger partial charge on any atom is -0.456 e. The Balaban J connectivity index is 1.44. The Morgan fingerprint density at radius 1 is 0.833 bits per heavy atom. The van der Waals surface area contributed by atoms with Crippen LogP contribution < -0.4 is 5.73 Å². The minimum absolute atomic E-state index is 0.779. The average molecular weight is 389 g/mol. The number of nitrogens with one attached hydrogen (secondary N) is 1. The third-order valence-corrected chi connectivity index (χ3v) is 5.61. The Labute approximate surface area is 173 Å². The lowest BCUT2D eigenvalue weighted by Crippen LogP contribution is -1.90. The van der Waals surface area contributed by atoms with E-state index in [4.69, 9.17) is 10.2 Å². The Bertz CT molecular complexity index is 1510. The Kier molecular flexibility index (Phi) is 3.65. The molecule has 3 aromatic heterocycles. The normalized spacial score (nSPS) is 11.6. The van der Waals surface area contributed by atoms with Gasteiger partial charge < -0.3 is 15.1 Å². The zero-order valence-electron chi connectivity index (χ0n) is 16.2. The first-order valence-electron chi connectivity index (χ1n) is 9.96. The molecule has 6 aromatic rings. The van der Waals surface area contributed by atoms with Gasteiger partial charge in [-0.1, -0.05) is 30.3 Å². The number of para-hydroxylation sites is 1. The fourth-order valence-electron chi connectivity index (χ4n) is 4.16. The van der Waals surface area contributed by atoms with Crippen LogP contribution in [0.15, 0.2) is 89.6 Å². The quantitative estimate of drug-likeness (QED) is 0.349. The molecule has 0 aliphatic heterocycles. The number of furan rings is 1. The summed E-state index contributed by atoms with van der Waals surface area (Å²) in [5, 5.41) is 4.47. The zero-order chi connectivity index (χ0) is 20.1. The van der Waals surface area contributed by atoms with Crippen LogP contribution in [0.5, 0.6) is 0 Å². The summed E-state index contributed by atoms with van der Waals surface area (Å²) >= 11 is 0. The third kappa shape index (κ3) is 2.81. The first kappa shape index (κ1) is 16.9. The summed E-state index contributed by atoms with van der Waals surface area (Å²) in [7, 11) is 0. The summed E-state index contributed by atoms with van der Waals surface area (Å²) in [6.07, 6.45) is 4.60. The lowest BCUT2D eigenvalue weighted by Gasteiger charge is -2.06. The third-order valence-electron chi connectivity index (χ3n) is 5.61. The number of anilines is 1. The highest BCUT2D eigenvalue weighted by Crippen LogP contribution is 2.33. The molecular weight excluding hydrogens is 370 g/mol. The number of benzene rings is 3. The standard InChI is InChI=1S/C26H19N3O/c27-20-7-8-24-19(11-20)12-21(29-24)9-16-5-6-18-14-28-15-23(22(18)10-16)26-13-17-3-1-2-4-25(17)30-26/h1-8,10-15,29H,9,27H2. The molecule has 30 heavy (non-hydrogen) atoms. The second-order valence-corrected chi connectivity index (χ2v) is 7.71. The summed E-state index contributed by atoms with van der Waals surface area (Å²) in [5.41, 5.74) is 12.1. The van der Waals surface area contributed by atoms with Crippen LogP contribution in [0, 0.1) is 0 Å². The number of hydrogen-bond donors (Lipinski definition) is 2. The molecule has 144 valence electrons. The fraction of sp³-hybridized carbons (Fsp3) is 0.0385. The Morgan fingerprint density at radius 2 is 1.77 bits per heavy atom. The van der Waals surface area contributed by atoms with Gasteiger partial charge in [0.05, 0.1) is 0 Å². The SMILES string of the molecule is Nc1ccc2[nH]c(Cc3ccc4cncc(-c5cc6ccccc6o5)c4c3)cc2c1. The molecule has 0 atom stereocenters. The van der Waals surface area contributed by atoms with E-state index in [1.54, 1.807) is 0 Å². The number of aromatic amines is 1. The molecule has 0 bridgehead atoms. The van der Waals surface area contributed by atoms with Crippen molar-refractivity contribution in [3.63, 3.8) is 0 Å². The lowest BCUT2D eigenvalue weighted by molar-refractivity contribution is 0.632. The number of fused-ring (bicyclic) bond motifs is 3. The van der Waals surface area contributed by atoms with Gasteiger partial charge in [0.25, 0.3) is 0 Å². The number of aromatic nitrogens is 2. The predicted octanol–water partition coefficient (Wildman–Crippen LogP) is 6.30. The summed E-state index contributed by atoms with van der Waals surface area (Å²) in [6.45, 7) is 0. The van der Waals surface area contributed by atoms with Crippen LogP contribution in [0.25, 0.3) is 44.0 Å². The maximum atomic E-state index is 6.11. The summed E-state index contributed by atoms with van der Waals surface area (Å²) in [4.78, 5) is 7.93. The predicted molar refractivity (Wildman–Crippen MR) is 122 cm³/mol. The van der Waals surface area contributed by atoms with E-state index in [1.807, 2.05) is 48.8 Å². The van der Waals surface area contributed by atoms with Crippen molar-refractivity contribution in [1.29, 1.82) is 0 Å². The number of rotatable bonds is 3.